The Bertz CT molecular complexity index is 436. The number of nitrogens with zero attached hydrogens (tertiary/aromatic N) is 1. The minimum absolute atomic E-state index is 0.0248. The summed E-state index contributed by atoms with van der Waals surface area (Å²) >= 11 is 6.04. The number of hydrogen-bond donors (Lipinski definition) is 1. The second kappa shape index (κ2) is 6.49. The predicted molar refractivity (Wildman–Crippen MR) is 78.0 cm³/mol. The van der Waals surface area contributed by atoms with E-state index < -0.39 is 0 Å². The summed E-state index contributed by atoms with van der Waals surface area (Å²) in [5.74, 6) is 0.474. The molecule has 1 fully saturated rings. The van der Waals surface area contributed by atoms with Crippen molar-refractivity contribution in [1.82, 2.24) is 4.90 Å². The molecule has 19 heavy (non-hydrogen) atoms. The van der Waals surface area contributed by atoms with Gasteiger partial charge in [-0.3, -0.25) is 4.90 Å². The molecule has 0 aromatic heterocycles. The largest absolute Gasteiger partial charge is 0.503 e. The number of benzene rings is 1. The Labute approximate surface area is 120 Å². The number of methoxy groups -OCH3 is 1. The van der Waals surface area contributed by atoms with E-state index in [1.807, 2.05) is 12.1 Å². The van der Waals surface area contributed by atoms with Gasteiger partial charge in [0.15, 0.2) is 11.5 Å². The van der Waals surface area contributed by atoms with E-state index in [-0.39, 0.29) is 5.75 Å². The SMILES string of the molecule is COc1cc(CN2CCCCCC2C)cc(Cl)c1O. The van der Waals surface area contributed by atoms with Gasteiger partial charge in [-0.2, -0.15) is 0 Å². The summed E-state index contributed by atoms with van der Waals surface area (Å²) in [6, 6.07) is 4.30. The number of likely N-dealkylation sites (tertiary alicyclic amines) is 1. The fraction of sp³-hybridized carbons (Fsp3) is 0.600. The van der Waals surface area contributed by atoms with Crippen LogP contribution < -0.4 is 4.74 Å². The Morgan fingerprint density at radius 3 is 2.89 bits per heavy atom. The van der Waals surface area contributed by atoms with Crippen molar-refractivity contribution in [3.8, 4) is 11.5 Å². The van der Waals surface area contributed by atoms with Gasteiger partial charge < -0.3 is 9.84 Å². The number of halogens is 1. The second-order valence-electron chi connectivity index (χ2n) is 5.30. The molecule has 1 aromatic carbocycles. The minimum atomic E-state index is 0.0248. The summed E-state index contributed by atoms with van der Waals surface area (Å²) in [7, 11) is 1.55. The quantitative estimate of drug-likeness (QED) is 0.915. The fourth-order valence-electron chi connectivity index (χ4n) is 2.68. The molecular formula is C15H22ClNO2. The first kappa shape index (κ1) is 14.5. The van der Waals surface area contributed by atoms with Crippen LogP contribution in [-0.2, 0) is 6.54 Å². The van der Waals surface area contributed by atoms with E-state index >= 15 is 0 Å². The van der Waals surface area contributed by atoms with Gasteiger partial charge in [0.1, 0.15) is 0 Å². The monoisotopic (exact) mass is 283 g/mol. The lowest BCUT2D eigenvalue weighted by molar-refractivity contribution is 0.204. The van der Waals surface area contributed by atoms with Gasteiger partial charge in [0.25, 0.3) is 0 Å². The molecule has 0 radical (unpaired) electrons. The van der Waals surface area contributed by atoms with Crippen molar-refractivity contribution in [2.75, 3.05) is 13.7 Å². The Hall–Kier alpha value is -0.930. The number of phenols is 1. The molecule has 1 aromatic rings. The normalized spacial score (nSPS) is 21.1. The van der Waals surface area contributed by atoms with Crippen LogP contribution in [0.5, 0.6) is 11.5 Å². The molecule has 0 amide bonds. The summed E-state index contributed by atoms with van der Waals surface area (Å²) < 4.78 is 5.15. The maximum Gasteiger partial charge on any atom is 0.176 e. The van der Waals surface area contributed by atoms with Crippen LogP contribution in [0.2, 0.25) is 5.02 Å². The summed E-state index contributed by atoms with van der Waals surface area (Å²) in [4.78, 5) is 2.48. The molecule has 3 nitrogen and oxygen atoms in total. The molecule has 106 valence electrons. The average Bonchev–Trinajstić information content (AvgIpc) is 2.59. The van der Waals surface area contributed by atoms with Crippen LogP contribution in [0.15, 0.2) is 12.1 Å². The smallest absolute Gasteiger partial charge is 0.176 e. The van der Waals surface area contributed by atoms with Crippen LogP contribution in [0.3, 0.4) is 0 Å². The summed E-state index contributed by atoms with van der Waals surface area (Å²) in [5.41, 5.74) is 1.09. The molecule has 0 aliphatic carbocycles. The third-order valence-electron chi connectivity index (χ3n) is 3.88. The van der Waals surface area contributed by atoms with Gasteiger partial charge >= 0.3 is 0 Å². The predicted octanol–water partition coefficient (Wildman–Crippen LogP) is 3.82. The molecule has 1 N–H and O–H groups in total. The van der Waals surface area contributed by atoms with E-state index in [2.05, 4.69) is 11.8 Å². The van der Waals surface area contributed by atoms with Crippen molar-refractivity contribution < 1.29 is 9.84 Å². The number of rotatable bonds is 3. The Morgan fingerprint density at radius 1 is 1.37 bits per heavy atom. The third kappa shape index (κ3) is 3.54. The summed E-state index contributed by atoms with van der Waals surface area (Å²) in [5, 5.41) is 10.1. The number of phenolic OH excluding ortho intramolecular Hbond substituents is 1. The Kier molecular flexibility index (Phi) is 4.94. The summed E-state index contributed by atoms with van der Waals surface area (Å²) in [6.07, 6.45) is 5.15. The van der Waals surface area contributed by atoms with Crippen molar-refractivity contribution in [2.45, 2.75) is 45.2 Å². The van der Waals surface area contributed by atoms with Gasteiger partial charge in [-0.15, -0.1) is 0 Å². The second-order valence-corrected chi connectivity index (χ2v) is 5.70. The zero-order chi connectivity index (χ0) is 13.8. The van der Waals surface area contributed by atoms with Gasteiger partial charge in [0.2, 0.25) is 0 Å². The lowest BCUT2D eigenvalue weighted by atomic mass is 10.1. The van der Waals surface area contributed by atoms with Crippen LogP contribution in [0.4, 0.5) is 0 Å². The first-order chi connectivity index (χ1) is 9.11. The lowest BCUT2D eigenvalue weighted by Crippen LogP contribution is -2.31. The van der Waals surface area contributed by atoms with Crippen LogP contribution >= 0.6 is 11.6 Å². The fourth-order valence-corrected chi connectivity index (χ4v) is 2.91. The topological polar surface area (TPSA) is 32.7 Å². The van der Waals surface area contributed by atoms with Crippen LogP contribution in [0.25, 0.3) is 0 Å². The average molecular weight is 284 g/mol. The van der Waals surface area contributed by atoms with Gasteiger partial charge in [0, 0.05) is 12.6 Å². The Balaban J connectivity index is 2.15. The van der Waals surface area contributed by atoms with Crippen LogP contribution in [0, 0.1) is 0 Å². The molecule has 0 spiro atoms. The number of ether oxygens (including phenoxy) is 1. The molecule has 1 heterocycles. The zero-order valence-electron chi connectivity index (χ0n) is 11.7. The van der Waals surface area contributed by atoms with Gasteiger partial charge in [-0.05, 0) is 44.0 Å². The van der Waals surface area contributed by atoms with Crippen molar-refractivity contribution in [2.24, 2.45) is 0 Å². The first-order valence-electron chi connectivity index (χ1n) is 6.91. The van der Waals surface area contributed by atoms with Gasteiger partial charge in [-0.1, -0.05) is 24.4 Å². The molecule has 1 saturated heterocycles. The van der Waals surface area contributed by atoms with Gasteiger partial charge in [-0.25, -0.2) is 0 Å². The first-order valence-corrected chi connectivity index (χ1v) is 7.29. The molecule has 1 aliphatic heterocycles. The molecule has 4 heteroatoms. The molecule has 2 rings (SSSR count). The van der Waals surface area contributed by atoms with Crippen molar-refractivity contribution >= 4 is 11.6 Å². The van der Waals surface area contributed by atoms with E-state index in [4.69, 9.17) is 16.3 Å². The van der Waals surface area contributed by atoms with E-state index in [1.165, 1.54) is 25.7 Å². The van der Waals surface area contributed by atoms with E-state index in [0.29, 0.717) is 16.8 Å². The van der Waals surface area contributed by atoms with E-state index in [9.17, 15) is 5.11 Å². The highest BCUT2D eigenvalue weighted by Crippen LogP contribution is 2.35. The molecule has 0 bridgehead atoms. The maximum atomic E-state index is 9.75. The Morgan fingerprint density at radius 2 is 2.16 bits per heavy atom. The van der Waals surface area contributed by atoms with E-state index in [0.717, 1.165) is 18.7 Å². The van der Waals surface area contributed by atoms with Gasteiger partial charge in [0.05, 0.1) is 12.1 Å². The lowest BCUT2D eigenvalue weighted by Gasteiger charge is -2.27. The van der Waals surface area contributed by atoms with Crippen LogP contribution in [-0.4, -0.2) is 29.7 Å². The molecular weight excluding hydrogens is 262 g/mol. The van der Waals surface area contributed by atoms with Crippen molar-refractivity contribution in [3.05, 3.63) is 22.7 Å². The van der Waals surface area contributed by atoms with Crippen molar-refractivity contribution in [1.29, 1.82) is 0 Å². The third-order valence-corrected chi connectivity index (χ3v) is 4.17. The van der Waals surface area contributed by atoms with E-state index in [1.54, 1.807) is 7.11 Å². The number of aromatic hydroxyl groups is 1. The highest BCUT2D eigenvalue weighted by molar-refractivity contribution is 6.32. The number of hydrogen-bond acceptors (Lipinski definition) is 3. The highest BCUT2D eigenvalue weighted by Gasteiger charge is 2.18. The molecule has 1 unspecified atom stereocenters. The highest BCUT2D eigenvalue weighted by atomic mass is 35.5. The summed E-state index contributed by atoms with van der Waals surface area (Å²) in [6.45, 7) is 4.27. The molecule has 1 aliphatic rings. The zero-order valence-corrected chi connectivity index (χ0v) is 12.4. The van der Waals surface area contributed by atoms with Crippen LogP contribution in [0.1, 0.15) is 38.2 Å². The maximum absolute atomic E-state index is 9.75. The molecule has 1 atom stereocenters. The van der Waals surface area contributed by atoms with Crippen molar-refractivity contribution in [3.63, 3.8) is 0 Å². The molecule has 0 saturated carbocycles. The minimum Gasteiger partial charge on any atom is -0.503 e. The standard InChI is InChI=1S/C15H22ClNO2/c1-11-6-4-3-5-7-17(11)10-12-8-13(16)15(18)14(9-12)19-2/h8-9,11,18H,3-7,10H2,1-2H3.